The molecule has 0 fully saturated rings. The highest BCUT2D eigenvalue weighted by Gasteiger charge is 2.34. The molecule has 0 amide bonds. The molecule has 0 spiro atoms. The highest BCUT2D eigenvalue weighted by Crippen LogP contribution is 2.35. The molecule has 7 heteroatoms. The second-order valence-corrected chi connectivity index (χ2v) is 3.79. The van der Waals surface area contributed by atoms with Gasteiger partial charge in [-0.1, -0.05) is 46.8 Å². The van der Waals surface area contributed by atoms with Crippen LogP contribution in [0.2, 0.25) is 0 Å². The maximum Gasteiger partial charge on any atom is 0.272 e. The first-order valence-electron chi connectivity index (χ1n) is 3.52. The van der Waals surface area contributed by atoms with Crippen LogP contribution in [0.5, 0.6) is 5.75 Å². The van der Waals surface area contributed by atoms with Gasteiger partial charge in [-0.15, -0.1) is 0 Å². The van der Waals surface area contributed by atoms with Crippen molar-refractivity contribution in [2.45, 2.75) is 4.46 Å². The van der Waals surface area contributed by atoms with E-state index in [1.165, 1.54) is 12.1 Å². The molecule has 0 saturated heterocycles. The maximum atomic E-state index is 10.1. The molecule has 1 rings (SSSR count). The molecule has 0 aliphatic heterocycles. The molecule has 0 saturated carbocycles. The second-order valence-electron chi connectivity index (χ2n) is 2.46. The number of halogens is 2. The van der Waals surface area contributed by atoms with E-state index >= 15 is 0 Å². The average Bonchev–Trinajstić information content (AvgIpc) is 2.02. The van der Waals surface area contributed by atoms with E-state index in [2.05, 4.69) is 0 Å². The molecule has 2 N–H and O–H groups in total. The number of phenolic OH excluding ortho intramolecular Hbond substituents is 1. The van der Waals surface area contributed by atoms with E-state index in [0.717, 1.165) is 0 Å². The Morgan fingerprint density at radius 1 is 1.43 bits per heavy atom. The fourth-order valence-electron chi connectivity index (χ4n) is 0.914. The summed E-state index contributed by atoms with van der Waals surface area (Å²) in [4.78, 5) is 10.1. The summed E-state index contributed by atoms with van der Waals surface area (Å²) < 4.78 is -1.95. The monoisotopic (exact) mass is 236 g/mol. The van der Waals surface area contributed by atoms with E-state index in [0.29, 0.717) is 0 Å². The van der Waals surface area contributed by atoms with Crippen molar-refractivity contribution >= 4 is 23.2 Å². The van der Waals surface area contributed by atoms with E-state index < -0.39 is 9.49 Å². The smallest absolute Gasteiger partial charge is 0.272 e. The van der Waals surface area contributed by atoms with Crippen molar-refractivity contribution in [2.24, 2.45) is 0 Å². The van der Waals surface area contributed by atoms with Crippen LogP contribution < -0.4 is 5.43 Å². The van der Waals surface area contributed by atoms with E-state index in [4.69, 9.17) is 23.2 Å². The van der Waals surface area contributed by atoms with Gasteiger partial charge in [0, 0.05) is 0 Å². The molecule has 0 aromatic heterocycles. The number of benzene rings is 1. The lowest BCUT2D eigenvalue weighted by molar-refractivity contribution is -0.551. The van der Waals surface area contributed by atoms with Gasteiger partial charge in [0.05, 0.1) is 5.56 Å². The fourth-order valence-corrected chi connectivity index (χ4v) is 1.37. The number of hydrogen-bond acceptors (Lipinski definition) is 3. The number of nitro groups is 1. The minimum Gasteiger partial charge on any atom is -0.507 e. The maximum absolute atomic E-state index is 10.1. The highest BCUT2D eigenvalue weighted by molar-refractivity contribution is 6.47. The predicted octanol–water partition coefficient (Wildman–Crippen LogP) is 1.76. The van der Waals surface area contributed by atoms with Gasteiger partial charge in [-0.2, -0.15) is 0 Å². The number of nitrogens with zero attached hydrogens (tertiary/aromatic N) is 1. The van der Waals surface area contributed by atoms with Gasteiger partial charge in [-0.3, -0.25) is 0 Å². The Balaban J connectivity index is 3.03. The molecular weight excluding hydrogens is 231 g/mol. The lowest BCUT2D eigenvalue weighted by Crippen LogP contribution is -2.36. The molecule has 0 unspecified atom stereocenters. The van der Waals surface area contributed by atoms with Crippen LogP contribution in [0.25, 0.3) is 0 Å². The minimum atomic E-state index is -1.95. The summed E-state index contributed by atoms with van der Waals surface area (Å²) in [7, 11) is 0. The topological polar surface area (TPSA) is 75.4 Å². The molecule has 0 atom stereocenters. The lowest BCUT2D eigenvalue weighted by atomic mass is 10.2. The summed E-state index contributed by atoms with van der Waals surface area (Å²) in [5, 5.41) is 18.6. The molecule has 76 valence electrons. The van der Waals surface area contributed by atoms with Crippen LogP contribution in [0.15, 0.2) is 24.3 Å². The zero-order valence-electron chi connectivity index (χ0n) is 6.78. The molecule has 0 radical (unpaired) electrons. The number of nitrogens with one attached hydrogen (secondary N) is 1. The Hall–Kier alpha value is -1.20. The van der Waals surface area contributed by atoms with Crippen LogP contribution in [0, 0.1) is 10.1 Å². The average molecular weight is 237 g/mol. The normalized spacial score (nSPS) is 11.0. The zero-order valence-corrected chi connectivity index (χ0v) is 8.29. The Morgan fingerprint density at radius 3 is 2.50 bits per heavy atom. The van der Waals surface area contributed by atoms with Gasteiger partial charge in [0.15, 0.2) is 5.03 Å². The molecule has 0 bridgehead atoms. The van der Waals surface area contributed by atoms with Gasteiger partial charge in [0.2, 0.25) is 0 Å². The summed E-state index contributed by atoms with van der Waals surface area (Å²) in [5.74, 6) is -0.216. The SMILES string of the molecule is O=[N+]([O-])NC(Cl)(Cl)c1ccccc1O. The Labute approximate surface area is 89.4 Å². The second kappa shape index (κ2) is 3.89. The quantitative estimate of drug-likeness (QED) is 0.363. The Morgan fingerprint density at radius 2 is 2.00 bits per heavy atom. The molecule has 1 aromatic rings. The summed E-state index contributed by atoms with van der Waals surface area (Å²) in [6, 6.07) is 5.81. The first kappa shape index (κ1) is 10.9. The number of hydrazine groups is 1. The predicted molar refractivity (Wildman–Crippen MR) is 51.6 cm³/mol. The van der Waals surface area contributed by atoms with Crippen molar-refractivity contribution in [3.63, 3.8) is 0 Å². The number of rotatable bonds is 3. The third kappa shape index (κ3) is 2.40. The van der Waals surface area contributed by atoms with E-state index in [1.807, 2.05) is 0 Å². The summed E-state index contributed by atoms with van der Waals surface area (Å²) in [6.45, 7) is 0. The first-order chi connectivity index (χ1) is 6.43. The number of aromatic hydroxyl groups is 1. The summed E-state index contributed by atoms with van der Waals surface area (Å²) in [5.41, 5.74) is 1.70. The van der Waals surface area contributed by atoms with Crippen molar-refractivity contribution in [2.75, 3.05) is 0 Å². The highest BCUT2D eigenvalue weighted by atomic mass is 35.5. The van der Waals surface area contributed by atoms with Crippen LogP contribution in [0.3, 0.4) is 0 Å². The standard InChI is InChI=1S/C7H6Cl2N2O3/c8-7(9,10-11(13)14)5-3-1-2-4-6(5)12/h1-4,10,12H. The molecule has 0 aliphatic carbocycles. The van der Waals surface area contributed by atoms with Gasteiger partial charge in [-0.05, 0) is 6.07 Å². The third-order valence-electron chi connectivity index (χ3n) is 1.47. The Kier molecular flexibility index (Phi) is 3.03. The summed E-state index contributed by atoms with van der Waals surface area (Å²) in [6.07, 6.45) is 0. The summed E-state index contributed by atoms with van der Waals surface area (Å²) >= 11 is 11.2. The van der Waals surface area contributed by atoms with Gasteiger partial charge in [-0.25, -0.2) is 10.1 Å². The van der Waals surface area contributed by atoms with Crippen molar-refractivity contribution < 1.29 is 10.1 Å². The largest absolute Gasteiger partial charge is 0.507 e. The lowest BCUT2D eigenvalue weighted by Gasteiger charge is -2.16. The van der Waals surface area contributed by atoms with Gasteiger partial charge < -0.3 is 5.11 Å². The fraction of sp³-hybridized carbons (Fsp3) is 0.143. The molecular formula is C7H6Cl2N2O3. The molecule has 1 aromatic carbocycles. The third-order valence-corrected chi connectivity index (χ3v) is 2.05. The molecule has 5 nitrogen and oxygen atoms in total. The van der Waals surface area contributed by atoms with Crippen LogP contribution in [0.4, 0.5) is 0 Å². The van der Waals surface area contributed by atoms with Crippen LogP contribution in [-0.4, -0.2) is 10.1 Å². The Bertz CT molecular complexity index is 357. The van der Waals surface area contributed by atoms with E-state index in [-0.39, 0.29) is 11.3 Å². The van der Waals surface area contributed by atoms with Crippen LogP contribution in [-0.2, 0) is 4.46 Å². The van der Waals surface area contributed by atoms with Crippen molar-refractivity contribution in [1.82, 2.24) is 5.43 Å². The molecule has 0 heterocycles. The molecule has 0 aliphatic rings. The number of phenols is 1. The van der Waals surface area contributed by atoms with Crippen molar-refractivity contribution in [3.05, 3.63) is 39.9 Å². The number of alkyl halides is 2. The van der Waals surface area contributed by atoms with E-state index in [1.54, 1.807) is 17.6 Å². The van der Waals surface area contributed by atoms with Crippen LogP contribution >= 0.6 is 23.2 Å². The van der Waals surface area contributed by atoms with Crippen molar-refractivity contribution in [3.8, 4) is 5.75 Å². The van der Waals surface area contributed by atoms with Gasteiger partial charge in [0.25, 0.3) is 4.46 Å². The minimum absolute atomic E-state index is 0.0278. The first-order valence-corrected chi connectivity index (χ1v) is 4.27. The van der Waals surface area contributed by atoms with Crippen molar-refractivity contribution in [1.29, 1.82) is 0 Å². The molecule has 14 heavy (non-hydrogen) atoms. The number of hydrogen-bond donors (Lipinski definition) is 2. The number of para-hydroxylation sites is 1. The van der Waals surface area contributed by atoms with Gasteiger partial charge >= 0.3 is 0 Å². The van der Waals surface area contributed by atoms with Gasteiger partial charge in [0.1, 0.15) is 5.75 Å². The van der Waals surface area contributed by atoms with Crippen LogP contribution in [0.1, 0.15) is 5.56 Å². The zero-order chi connectivity index (χ0) is 10.8. The van der Waals surface area contributed by atoms with E-state index in [9.17, 15) is 15.2 Å².